The third-order valence-electron chi connectivity index (χ3n) is 6.07. The molecule has 4 rings (SSSR count). The second-order valence-corrected chi connectivity index (χ2v) is 9.61. The molecule has 1 aliphatic heterocycles. The minimum absolute atomic E-state index is 0.00799. The average molecular weight is 489 g/mol. The van der Waals surface area contributed by atoms with E-state index in [4.69, 9.17) is 4.74 Å². The molecule has 0 bridgehead atoms. The zero-order valence-corrected chi connectivity index (χ0v) is 20.7. The molecule has 1 N–H and O–H groups in total. The Morgan fingerprint density at radius 1 is 1.26 bits per heavy atom. The fourth-order valence-corrected chi connectivity index (χ4v) is 5.56. The van der Waals surface area contributed by atoms with Gasteiger partial charge in [-0.1, -0.05) is 31.2 Å². The number of nitrogens with zero attached hydrogens (tertiary/aromatic N) is 3. The van der Waals surface area contributed by atoms with Gasteiger partial charge >= 0.3 is 0 Å². The molecular formula is C27H28N4O3S. The normalized spacial score (nSPS) is 13.5. The number of nitrogens with one attached hydrogen (secondary N) is 1. The van der Waals surface area contributed by atoms with Crippen molar-refractivity contribution in [2.75, 3.05) is 18.5 Å². The third kappa shape index (κ3) is 5.69. The Morgan fingerprint density at radius 2 is 2.06 bits per heavy atom. The molecule has 180 valence electrons. The molecule has 0 radical (unpaired) electrons. The van der Waals surface area contributed by atoms with Gasteiger partial charge in [-0.2, -0.15) is 5.26 Å². The highest BCUT2D eigenvalue weighted by molar-refractivity contribution is 7.16. The van der Waals surface area contributed by atoms with Crippen molar-refractivity contribution in [2.45, 2.75) is 45.6 Å². The van der Waals surface area contributed by atoms with Gasteiger partial charge in [0.25, 0.3) is 0 Å². The van der Waals surface area contributed by atoms with Crippen molar-refractivity contribution in [1.82, 2.24) is 9.88 Å². The topological polar surface area (TPSA) is 95.3 Å². The highest BCUT2D eigenvalue weighted by Crippen LogP contribution is 2.37. The summed E-state index contributed by atoms with van der Waals surface area (Å²) in [7, 11) is 0. The van der Waals surface area contributed by atoms with Crippen LogP contribution in [0.1, 0.15) is 53.4 Å². The average Bonchev–Trinajstić information content (AvgIpc) is 3.20. The lowest BCUT2D eigenvalue weighted by Crippen LogP contribution is -2.36. The largest absolute Gasteiger partial charge is 0.494 e. The molecule has 1 atom stereocenters. The number of thiophene rings is 1. The molecule has 3 aromatic rings. The number of para-hydroxylation sites is 1. The zero-order chi connectivity index (χ0) is 24.8. The predicted molar refractivity (Wildman–Crippen MR) is 135 cm³/mol. The van der Waals surface area contributed by atoms with E-state index in [9.17, 15) is 14.9 Å². The Labute approximate surface area is 209 Å². The number of carbonyl (C=O) groups excluding carboxylic acids is 2. The van der Waals surface area contributed by atoms with E-state index in [2.05, 4.69) is 16.4 Å². The van der Waals surface area contributed by atoms with Gasteiger partial charge in [-0.25, -0.2) is 0 Å². The SMILES string of the molecule is CCOc1ccccc1C(C)CC(=O)Nc1sc2c(c1C#N)CCN(C(=O)Cc1ccccn1)C2. The molecule has 0 fully saturated rings. The Morgan fingerprint density at radius 3 is 2.80 bits per heavy atom. The Hall–Kier alpha value is -3.70. The summed E-state index contributed by atoms with van der Waals surface area (Å²) in [5, 5.41) is 13.3. The quantitative estimate of drug-likeness (QED) is 0.497. The maximum atomic E-state index is 12.9. The molecule has 2 aromatic heterocycles. The second kappa shape index (κ2) is 11.2. The summed E-state index contributed by atoms with van der Waals surface area (Å²) in [5.74, 6) is 0.600. The van der Waals surface area contributed by atoms with Gasteiger partial charge in [0.05, 0.1) is 25.1 Å². The highest BCUT2D eigenvalue weighted by atomic mass is 32.1. The van der Waals surface area contributed by atoms with Crippen molar-refractivity contribution in [3.8, 4) is 11.8 Å². The summed E-state index contributed by atoms with van der Waals surface area (Å²) in [6.07, 6.45) is 2.79. The fourth-order valence-electron chi connectivity index (χ4n) is 4.33. The number of rotatable bonds is 8. The number of anilines is 1. The first-order valence-corrected chi connectivity index (χ1v) is 12.6. The van der Waals surface area contributed by atoms with Crippen LogP contribution in [0.15, 0.2) is 48.7 Å². The molecule has 8 heteroatoms. The number of ether oxygens (including phenoxy) is 1. The van der Waals surface area contributed by atoms with Crippen LogP contribution in [0.3, 0.4) is 0 Å². The minimum Gasteiger partial charge on any atom is -0.494 e. The number of carbonyl (C=O) groups is 2. The van der Waals surface area contributed by atoms with Gasteiger partial charge in [-0.3, -0.25) is 14.6 Å². The molecule has 1 unspecified atom stereocenters. The van der Waals surface area contributed by atoms with Crippen molar-refractivity contribution >= 4 is 28.2 Å². The van der Waals surface area contributed by atoms with Gasteiger partial charge in [0.15, 0.2) is 0 Å². The van der Waals surface area contributed by atoms with Crippen LogP contribution < -0.4 is 10.1 Å². The smallest absolute Gasteiger partial charge is 0.228 e. The number of aromatic nitrogens is 1. The summed E-state index contributed by atoms with van der Waals surface area (Å²) >= 11 is 1.39. The van der Waals surface area contributed by atoms with Crippen LogP contribution in [0.4, 0.5) is 5.00 Å². The standard InChI is InChI=1S/C27H28N4O3S/c1-3-34-23-10-5-4-9-20(23)18(2)14-25(32)30-27-22(16-28)21-11-13-31(17-24(21)35-27)26(33)15-19-8-6-7-12-29-19/h4-10,12,18H,3,11,13-15,17H2,1-2H3,(H,30,32). The Balaban J connectivity index is 1.43. The third-order valence-corrected chi connectivity index (χ3v) is 7.21. The Bertz CT molecular complexity index is 1250. The lowest BCUT2D eigenvalue weighted by Gasteiger charge is -2.27. The lowest BCUT2D eigenvalue weighted by molar-refractivity contribution is -0.131. The number of amides is 2. The molecule has 0 saturated heterocycles. The molecule has 1 aromatic carbocycles. The van der Waals surface area contributed by atoms with Gasteiger partial charge in [0.1, 0.15) is 16.8 Å². The predicted octanol–water partition coefficient (Wildman–Crippen LogP) is 4.67. The molecule has 0 spiro atoms. The van der Waals surface area contributed by atoms with Crippen molar-refractivity contribution in [3.63, 3.8) is 0 Å². The monoisotopic (exact) mass is 488 g/mol. The number of pyridine rings is 1. The van der Waals surface area contributed by atoms with E-state index in [1.807, 2.05) is 56.3 Å². The molecule has 1 aliphatic rings. The minimum atomic E-state index is -0.151. The van der Waals surface area contributed by atoms with Gasteiger partial charge < -0.3 is 15.0 Å². The first-order valence-electron chi connectivity index (χ1n) is 11.7. The summed E-state index contributed by atoms with van der Waals surface area (Å²) < 4.78 is 5.71. The van der Waals surface area contributed by atoms with Crippen LogP contribution in [-0.2, 0) is 29.0 Å². The molecule has 0 aliphatic carbocycles. The van der Waals surface area contributed by atoms with Crippen molar-refractivity contribution in [3.05, 3.63) is 75.9 Å². The zero-order valence-electron chi connectivity index (χ0n) is 19.9. The van der Waals surface area contributed by atoms with Crippen LogP contribution in [0.5, 0.6) is 5.75 Å². The molecule has 2 amide bonds. The lowest BCUT2D eigenvalue weighted by atomic mass is 9.96. The van der Waals surface area contributed by atoms with Crippen LogP contribution >= 0.6 is 11.3 Å². The number of nitriles is 1. The number of hydrogen-bond acceptors (Lipinski definition) is 6. The van der Waals surface area contributed by atoms with Crippen LogP contribution in [-0.4, -0.2) is 34.8 Å². The summed E-state index contributed by atoms with van der Waals surface area (Å²) in [5.41, 5.74) is 3.17. The van der Waals surface area contributed by atoms with Gasteiger partial charge in [0, 0.05) is 29.7 Å². The summed E-state index contributed by atoms with van der Waals surface area (Å²) in [6, 6.07) is 15.5. The first kappa shape index (κ1) is 24.4. The maximum absolute atomic E-state index is 12.9. The van der Waals surface area contributed by atoms with E-state index in [1.165, 1.54) is 11.3 Å². The van der Waals surface area contributed by atoms with E-state index in [0.717, 1.165) is 27.4 Å². The molecular weight excluding hydrogens is 460 g/mol. The second-order valence-electron chi connectivity index (χ2n) is 8.51. The van der Waals surface area contributed by atoms with E-state index in [0.29, 0.717) is 36.7 Å². The van der Waals surface area contributed by atoms with Crippen molar-refractivity contribution < 1.29 is 14.3 Å². The van der Waals surface area contributed by atoms with Crippen LogP contribution in [0.25, 0.3) is 0 Å². The number of hydrogen-bond donors (Lipinski definition) is 1. The van der Waals surface area contributed by atoms with E-state index in [1.54, 1.807) is 11.1 Å². The molecule has 7 nitrogen and oxygen atoms in total. The molecule has 35 heavy (non-hydrogen) atoms. The van der Waals surface area contributed by atoms with E-state index >= 15 is 0 Å². The number of benzene rings is 1. The molecule has 3 heterocycles. The first-order chi connectivity index (χ1) is 17.0. The van der Waals surface area contributed by atoms with Crippen LogP contribution in [0, 0.1) is 11.3 Å². The van der Waals surface area contributed by atoms with Crippen LogP contribution in [0.2, 0.25) is 0 Å². The van der Waals surface area contributed by atoms with Gasteiger partial charge in [-0.05, 0) is 48.6 Å². The van der Waals surface area contributed by atoms with Crippen molar-refractivity contribution in [2.24, 2.45) is 0 Å². The number of fused-ring (bicyclic) bond motifs is 1. The molecule has 0 saturated carbocycles. The summed E-state index contributed by atoms with van der Waals surface area (Å²) in [4.78, 5) is 32.7. The maximum Gasteiger partial charge on any atom is 0.228 e. The van der Waals surface area contributed by atoms with Gasteiger partial charge in [-0.15, -0.1) is 11.3 Å². The van der Waals surface area contributed by atoms with E-state index in [-0.39, 0.29) is 30.6 Å². The van der Waals surface area contributed by atoms with Gasteiger partial charge in [0.2, 0.25) is 11.8 Å². The summed E-state index contributed by atoms with van der Waals surface area (Å²) in [6.45, 7) is 5.47. The highest BCUT2D eigenvalue weighted by Gasteiger charge is 2.28. The Kier molecular flexibility index (Phi) is 7.78. The van der Waals surface area contributed by atoms with Crippen molar-refractivity contribution in [1.29, 1.82) is 5.26 Å². The fraction of sp³-hybridized carbons (Fsp3) is 0.333. The van der Waals surface area contributed by atoms with E-state index < -0.39 is 0 Å².